The molecule has 2 saturated carbocycles. The minimum Gasteiger partial charge on any atom is -0.462 e. The van der Waals surface area contributed by atoms with E-state index in [1.54, 1.807) is 6.92 Å². The lowest BCUT2D eigenvalue weighted by atomic mass is 9.70. The number of carbonyl (C=O) groups excluding carboxylic acids is 2. The molecule has 2 bridgehead atoms. The Morgan fingerprint density at radius 3 is 1.64 bits per heavy atom. The summed E-state index contributed by atoms with van der Waals surface area (Å²) in [7, 11) is 0. The fourth-order valence-electron chi connectivity index (χ4n) is 6.44. The summed E-state index contributed by atoms with van der Waals surface area (Å²) < 4.78 is 10.6. The van der Waals surface area contributed by atoms with E-state index in [0.717, 1.165) is 12.8 Å². The maximum absolute atomic E-state index is 11.3. The zero-order valence-corrected chi connectivity index (χ0v) is 26.4. The van der Waals surface area contributed by atoms with Crippen LogP contribution < -0.4 is 0 Å². The van der Waals surface area contributed by atoms with Crippen molar-refractivity contribution >= 4 is 11.9 Å². The third-order valence-electron chi connectivity index (χ3n) is 9.72. The molecule has 0 aromatic carbocycles. The van der Waals surface area contributed by atoms with Crippen LogP contribution in [0.25, 0.3) is 0 Å². The van der Waals surface area contributed by atoms with Gasteiger partial charge >= 0.3 is 11.9 Å². The number of esters is 2. The number of ether oxygens (including phenoxy) is 2. The topological polar surface area (TPSA) is 52.6 Å². The normalized spacial score (nSPS) is 22.6. The summed E-state index contributed by atoms with van der Waals surface area (Å²) in [5.41, 5.74) is 0.960. The molecule has 0 aliphatic heterocycles. The summed E-state index contributed by atoms with van der Waals surface area (Å²) in [6.07, 6.45) is 26.6. The van der Waals surface area contributed by atoms with Gasteiger partial charge in [-0.2, -0.15) is 0 Å². The molecule has 0 heterocycles. The summed E-state index contributed by atoms with van der Waals surface area (Å²) in [6, 6.07) is 0. The monoisotopic (exact) mass is 546 g/mol. The molecule has 2 aliphatic carbocycles. The van der Waals surface area contributed by atoms with E-state index in [2.05, 4.69) is 40.9 Å². The molecule has 226 valence electrons. The Bertz CT molecular complexity index is 724. The Morgan fingerprint density at radius 2 is 1.28 bits per heavy atom. The van der Waals surface area contributed by atoms with Gasteiger partial charge in [0.05, 0.1) is 6.61 Å². The molecule has 0 N–H and O–H groups in total. The van der Waals surface area contributed by atoms with Crippen LogP contribution in [0.5, 0.6) is 0 Å². The highest BCUT2D eigenvalue weighted by atomic mass is 16.5. The van der Waals surface area contributed by atoms with Crippen molar-refractivity contribution in [1.29, 1.82) is 0 Å². The van der Waals surface area contributed by atoms with Gasteiger partial charge in [-0.1, -0.05) is 137 Å². The average Bonchev–Trinajstić information content (AvgIpc) is 3.24. The third kappa shape index (κ3) is 12.6. The smallest absolute Gasteiger partial charge is 0.333 e. The number of carbonyl (C=O) groups is 2. The predicted octanol–water partition coefficient (Wildman–Crippen LogP) is 10.3. The molecule has 4 nitrogen and oxygen atoms in total. The highest BCUT2D eigenvalue weighted by Gasteiger charge is 2.62. The summed E-state index contributed by atoms with van der Waals surface area (Å²) in [5, 5.41) is 0. The summed E-state index contributed by atoms with van der Waals surface area (Å²) in [4.78, 5) is 22.4. The summed E-state index contributed by atoms with van der Waals surface area (Å²) >= 11 is 0. The minimum absolute atomic E-state index is 0.0942. The quantitative estimate of drug-likeness (QED) is 0.0865. The lowest BCUT2D eigenvalue weighted by Gasteiger charge is -2.38. The van der Waals surface area contributed by atoms with E-state index in [-0.39, 0.29) is 23.5 Å². The van der Waals surface area contributed by atoms with Crippen molar-refractivity contribution in [3.8, 4) is 0 Å². The molecule has 2 aliphatic rings. The minimum atomic E-state index is -0.274. The van der Waals surface area contributed by atoms with Gasteiger partial charge in [0.2, 0.25) is 0 Å². The first-order valence-corrected chi connectivity index (χ1v) is 16.3. The fourth-order valence-corrected chi connectivity index (χ4v) is 6.44. The second kappa shape index (κ2) is 19.5. The Kier molecular flexibility index (Phi) is 17.7. The van der Waals surface area contributed by atoms with Crippen LogP contribution >= 0.6 is 0 Å². The Labute approximate surface area is 241 Å². The first-order valence-electron chi connectivity index (χ1n) is 16.3. The van der Waals surface area contributed by atoms with Gasteiger partial charge in [-0.3, -0.25) is 0 Å². The first kappa shape index (κ1) is 35.4. The summed E-state index contributed by atoms with van der Waals surface area (Å²) in [6.45, 7) is 18.4. The van der Waals surface area contributed by atoms with Gasteiger partial charge in [0.15, 0.2) is 0 Å². The van der Waals surface area contributed by atoms with Crippen LogP contribution in [-0.4, -0.2) is 24.6 Å². The zero-order valence-electron chi connectivity index (χ0n) is 26.4. The fraction of sp³-hybridized carbons (Fsp3) is 0.829. The lowest BCUT2D eigenvalue weighted by Crippen LogP contribution is -2.38. The van der Waals surface area contributed by atoms with E-state index in [1.807, 2.05) is 0 Å². The predicted molar refractivity (Wildman–Crippen MR) is 165 cm³/mol. The second-order valence-electron chi connectivity index (χ2n) is 13.0. The maximum Gasteiger partial charge on any atom is 0.333 e. The third-order valence-corrected chi connectivity index (χ3v) is 9.72. The molecular weight excluding hydrogens is 484 g/mol. The average molecular weight is 547 g/mol. The molecule has 0 aromatic rings. The van der Waals surface area contributed by atoms with Crippen molar-refractivity contribution in [2.75, 3.05) is 6.61 Å². The van der Waals surface area contributed by atoms with Crippen molar-refractivity contribution in [3.05, 3.63) is 24.8 Å². The van der Waals surface area contributed by atoms with E-state index in [9.17, 15) is 9.59 Å². The van der Waals surface area contributed by atoms with Crippen LogP contribution in [0.1, 0.15) is 157 Å². The van der Waals surface area contributed by atoms with Crippen LogP contribution in [0, 0.1) is 16.7 Å². The first-order chi connectivity index (χ1) is 18.6. The van der Waals surface area contributed by atoms with Crippen LogP contribution in [0.15, 0.2) is 24.8 Å². The molecule has 0 spiro atoms. The van der Waals surface area contributed by atoms with Crippen molar-refractivity contribution in [3.63, 3.8) is 0 Å². The van der Waals surface area contributed by atoms with Gasteiger partial charge in [-0.05, 0) is 43.9 Å². The van der Waals surface area contributed by atoms with E-state index >= 15 is 0 Å². The number of rotatable bonds is 20. The van der Waals surface area contributed by atoms with E-state index in [0.29, 0.717) is 23.5 Å². The van der Waals surface area contributed by atoms with Gasteiger partial charge in [0, 0.05) is 17.1 Å². The molecule has 0 saturated heterocycles. The molecule has 3 unspecified atom stereocenters. The van der Waals surface area contributed by atoms with E-state index < -0.39 is 0 Å². The van der Waals surface area contributed by atoms with Gasteiger partial charge in [0.25, 0.3) is 0 Å². The Morgan fingerprint density at radius 1 is 0.821 bits per heavy atom. The molecule has 0 aromatic heterocycles. The van der Waals surface area contributed by atoms with E-state index in [4.69, 9.17) is 9.47 Å². The van der Waals surface area contributed by atoms with Crippen LogP contribution in [0.3, 0.4) is 0 Å². The lowest BCUT2D eigenvalue weighted by molar-refractivity contribution is -0.150. The van der Waals surface area contributed by atoms with Crippen molar-refractivity contribution in [1.82, 2.24) is 0 Å². The molecule has 39 heavy (non-hydrogen) atoms. The van der Waals surface area contributed by atoms with Crippen LogP contribution in [0.4, 0.5) is 0 Å². The molecule has 4 heteroatoms. The maximum atomic E-state index is 11.3. The number of hydrogen-bond donors (Lipinski definition) is 0. The number of fused-ring (bicyclic) bond motifs is 2. The van der Waals surface area contributed by atoms with Crippen LogP contribution in [0.2, 0.25) is 0 Å². The highest BCUT2D eigenvalue weighted by Crippen LogP contribution is 2.66. The Hall–Kier alpha value is -1.58. The van der Waals surface area contributed by atoms with Crippen molar-refractivity contribution < 1.29 is 19.1 Å². The molecule has 3 atom stereocenters. The van der Waals surface area contributed by atoms with E-state index in [1.165, 1.54) is 115 Å². The molecule has 0 amide bonds. The molecular formula is C35H62O4. The molecule has 0 radical (unpaired) electrons. The number of unbranched alkanes of at least 4 members (excludes halogenated alkanes) is 15. The van der Waals surface area contributed by atoms with Gasteiger partial charge < -0.3 is 9.47 Å². The van der Waals surface area contributed by atoms with Crippen LogP contribution in [-0.2, 0) is 19.1 Å². The molecule has 2 fully saturated rings. The van der Waals surface area contributed by atoms with Gasteiger partial charge in [0.1, 0.15) is 6.10 Å². The zero-order chi connectivity index (χ0) is 29.2. The van der Waals surface area contributed by atoms with Crippen molar-refractivity contribution in [2.45, 2.75) is 163 Å². The SMILES string of the molecule is C=C(C)C(=O)OCCCCCCCCCCCCCCCCCC.C=CC(=O)OC1CC2CCC1(C)C2(C)C. The van der Waals surface area contributed by atoms with Crippen molar-refractivity contribution in [2.24, 2.45) is 16.7 Å². The largest absolute Gasteiger partial charge is 0.462 e. The van der Waals surface area contributed by atoms with Gasteiger partial charge in [-0.25, -0.2) is 9.59 Å². The standard InChI is InChI=1S/C22H42O2.C13H20O2/c1-4-5-6-7-8-9-10-11-12-13-14-15-16-17-18-19-20-24-22(23)21(2)3;1-5-11(14)15-10-8-9-6-7-13(10,4)12(9,2)3/h2,4-20H2,1,3H3;5,9-10H,1,6-8H2,2-4H3. The number of hydrogen-bond acceptors (Lipinski definition) is 4. The Balaban J connectivity index is 0.000000429. The molecule has 2 rings (SSSR count). The second-order valence-corrected chi connectivity index (χ2v) is 13.0. The summed E-state index contributed by atoms with van der Waals surface area (Å²) in [5.74, 6) is 0.186. The highest BCUT2D eigenvalue weighted by molar-refractivity contribution is 5.86. The van der Waals surface area contributed by atoms with Gasteiger partial charge in [-0.15, -0.1) is 0 Å².